The van der Waals surface area contributed by atoms with Crippen LogP contribution in [0.1, 0.15) is 56.9 Å². The maximum absolute atomic E-state index is 12.0. The van der Waals surface area contributed by atoms with E-state index in [1.807, 2.05) is 6.07 Å². The number of aldehydes is 1. The van der Waals surface area contributed by atoms with Crippen molar-refractivity contribution in [3.63, 3.8) is 0 Å². The summed E-state index contributed by atoms with van der Waals surface area (Å²) in [7, 11) is 1.45. The molecule has 1 aromatic carbocycles. The summed E-state index contributed by atoms with van der Waals surface area (Å²) in [5.74, 6) is -0.809. The first-order valence-corrected chi connectivity index (χ1v) is 12.2. The summed E-state index contributed by atoms with van der Waals surface area (Å²) < 4.78 is 0. The largest absolute Gasteiger partial charge is 0.353 e. The van der Waals surface area contributed by atoms with E-state index in [0.717, 1.165) is 50.4 Å². The van der Waals surface area contributed by atoms with E-state index in [4.69, 9.17) is 28.9 Å². The number of amides is 2. The van der Waals surface area contributed by atoms with Crippen LogP contribution in [-0.4, -0.2) is 54.5 Å². The Morgan fingerprint density at radius 2 is 1.82 bits per heavy atom. The number of nitrogens with two attached hydrogens (primary N) is 1. The zero-order valence-electron chi connectivity index (χ0n) is 19.0. The van der Waals surface area contributed by atoms with Crippen LogP contribution in [0.15, 0.2) is 18.2 Å². The van der Waals surface area contributed by atoms with Gasteiger partial charge in [-0.15, -0.1) is 0 Å². The van der Waals surface area contributed by atoms with Crippen LogP contribution in [0, 0.1) is 5.92 Å². The Kier molecular flexibility index (Phi) is 11.3. The van der Waals surface area contributed by atoms with Crippen molar-refractivity contribution in [1.29, 1.82) is 0 Å². The molecule has 0 radical (unpaired) electrons. The number of hydrogen-bond acceptors (Lipinski definition) is 5. The van der Waals surface area contributed by atoms with Crippen molar-refractivity contribution in [1.82, 2.24) is 10.2 Å². The van der Waals surface area contributed by atoms with Gasteiger partial charge in [-0.25, -0.2) is 0 Å². The van der Waals surface area contributed by atoms with E-state index in [0.29, 0.717) is 29.4 Å². The molecule has 0 aromatic heterocycles. The summed E-state index contributed by atoms with van der Waals surface area (Å²) in [5, 5.41) is 3.33. The Morgan fingerprint density at radius 1 is 1.12 bits per heavy atom. The second-order valence-electron chi connectivity index (χ2n) is 8.55. The molecule has 33 heavy (non-hydrogen) atoms. The maximum atomic E-state index is 12.0. The molecule has 0 spiro atoms. The van der Waals surface area contributed by atoms with Gasteiger partial charge in [0.1, 0.15) is 6.29 Å². The van der Waals surface area contributed by atoms with Crippen LogP contribution in [0.5, 0.6) is 0 Å². The first-order chi connectivity index (χ1) is 15.8. The highest BCUT2D eigenvalue weighted by Gasteiger charge is 2.29. The molecule has 9 heteroatoms. The molecular weight excluding hydrogens is 465 g/mol. The van der Waals surface area contributed by atoms with Crippen molar-refractivity contribution < 1.29 is 19.2 Å². The highest BCUT2D eigenvalue weighted by molar-refractivity contribution is 6.42. The van der Waals surface area contributed by atoms with Crippen molar-refractivity contribution in [2.75, 3.05) is 13.6 Å². The number of hydrogen-bond donors (Lipinski definition) is 2. The summed E-state index contributed by atoms with van der Waals surface area (Å²) in [6.45, 7) is 0.684. The minimum Gasteiger partial charge on any atom is -0.353 e. The predicted molar refractivity (Wildman–Crippen MR) is 129 cm³/mol. The van der Waals surface area contributed by atoms with Gasteiger partial charge < -0.3 is 20.7 Å². The van der Waals surface area contributed by atoms with E-state index >= 15 is 0 Å². The van der Waals surface area contributed by atoms with Crippen LogP contribution in [0.25, 0.3) is 0 Å². The van der Waals surface area contributed by atoms with Crippen molar-refractivity contribution in [3.05, 3.63) is 33.8 Å². The zero-order valence-corrected chi connectivity index (χ0v) is 20.5. The number of ketones is 1. The lowest BCUT2D eigenvalue weighted by Gasteiger charge is -2.25. The first-order valence-electron chi connectivity index (χ1n) is 11.5. The Balaban J connectivity index is 0.000000245. The number of rotatable bonds is 7. The fourth-order valence-corrected chi connectivity index (χ4v) is 4.64. The second-order valence-corrected chi connectivity index (χ2v) is 9.36. The monoisotopic (exact) mass is 497 g/mol. The molecule has 0 bridgehead atoms. The number of likely N-dealkylation sites (tertiary alicyclic amines) is 1. The van der Waals surface area contributed by atoms with Gasteiger partial charge in [-0.05, 0) is 55.7 Å². The maximum Gasteiger partial charge on any atom is 0.288 e. The third kappa shape index (κ3) is 8.09. The number of carbonyl (C=O) groups excluding carboxylic acids is 4. The molecule has 7 nitrogen and oxygen atoms in total. The van der Waals surface area contributed by atoms with Gasteiger partial charge >= 0.3 is 0 Å². The van der Waals surface area contributed by atoms with Crippen LogP contribution in [0.3, 0.4) is 0 Å². The third-order valence-electron chi connectivity index (χ3n) is 6.30. The number of nitrogens with one attached hydrogen (secondary N) is 1. The molecule has 1 saturated carbocycles. The van der Waals surface area contributed by atoms with Crippen LogP contribution in [0.4, 0.5) is 0 Å². The second kappa shape index (κ2) is 13.7. The van der Waals surface area contributed by atoms with Crippen molar-refractivity contribution in [3.8, 4) is 0 Å². The highest BCUT2D eigenvalue weighted by atomic mass is 35.5. The highest BCUT2D eigenvalue weighted by Crippen LogP contribution is 2.26. The fraction of sp³-hybridized carbons (Fsp3) is 0.583. The van der Waals surface area contributed by atoms with Crippen LogP contribution in [0.2, 0.25) is 10.0 Å². The zero-order chi connectivity index (χ0) is 24.4. The summed E-state index contributed by atoms with van der Waals surface area (Å²) in [6.07, 6.45) is 8.97. The quantitative estimate of drug-likeness (QED) is 0.443. The third-order valence-corrected chi connectivity index (χ3v) is 7.04. The van der Waals surface area contributed by atoms with E-state index in [2.05, 4.69) is 5.32 Å². The molecule has 2 fully saturated rings. The first kappa shape index (κ1) is 27.3. The van der Waals surface area contributed by atoms with Crippen molar-refractivity contribution >= 4 is 47.1 Å². The number of carbonyl (C=O) groups is 4. The van der Waals surface area contributed by atoms with Crippen LogP contribution in [-0.2, 0) is 25.6 Å². The van der Waals surface area contributed by atoms with Gasteiger partial charge in [0.25, 0.3) is 5.91 Å². The molecule has 182 valence electrons. The summed E-state index contributed by atoms with van der Waals surface area (Å²) >= 11 is 11.8. The van der Waals surface area contributed by atoms with E-state index in [1.165, 1.54) is 13.5 Å². The molecule has 1 unspecified atom stereocenters. The van der Waals surface area contributed by atoms with E-state index in [9.17, 15) is 19.2 Å². The van der Waals surface area contributed by atoms with Gasteiger partial charge in [0, 0.05) is 20.0 Å². The lowest BCUT2D eigenvalue weighted by atomic mass is 9.82. The summed E-state index contributed by atoms with van der Waals surface area (Å²) in [5.41, 5.74) is 6.73. The molecule has 3 rings (SSSR count). The van der Waals surface area contributed by atoms with Crippen LogP contribution >= 0.6 is 23.2 Å². The van der Waals surface area contributed by atoms with Crippen LogP contribution < -0.4 is 11.1 Å². The average Bonchev–Trinajstić information content (AvgIpc) is 3.33. The lowest BCUT2D eigenvalue weighted by molar-refractivity contribution is -0.139. The number of aryl methyl sites for hydroxylation is 1. The molecule has 1 aromatic rings. The van der Waals surface area contributed by atoms with Gasteiger partial charge in [-0.1, -0.05) is 48.5 Å². The van der Waals surface area contributed by atoms with E-state index in [-0.39, 0.29) is 17.9 Å². The molecule has 1 aliphatic carbocycles. The number of halogens is 2. The Morgan fingerprint density at radius 3 is 2.42 bits per heavy atom. The summed E-state index contributed by atoms with van der Waals surface area (Å²) in [4.78, 5) is 47.1. The van der Waals surface area contributed by atoms with Gasteiger partial charge in [-0.2, -0.15) is 0 Å². The van der Waals surface area contributed by atoms with Gasteiger partial charge in [-0.3, -0.25) is 14.4 Å². The Bertz CT molecular complexity index is 843. The molecule has 1 heterocycles. The normalized spacial score (nSPS) is 19.3. The number of likely N-dealkylation sites (N-methyl/N-ethyl adjacent to an activating group) is 1. The lowest BCUT2D eigenvalue weighted by Crippen LogP contribution is -2.46. The molecular formula is C24H33Cl2N3O4. The van der Waals surface area contributed by atoms with Crippen molar-refractivity contribution in [2.24, 2.45) is 11.7 Å². The molecule has 2 amide bonds. The smallest absolute Gasteiger partial charge is 0.288 e. The summed E-state index contributed by atoms with van der Waals surface area (Å²) in [6, 6.07) is 4.53. The minimum absolute atomic E-state index is 0.0284. The predicted octanol–water partition coefficient (Wildman–Crippen LogP) is 3.33. The fourth-order valence-electron chi connectivity index (χ4n) is 4.32. The molecule has 2 aliphatic rings. The topological polar surface area (TPSA) is 110 Å². The number of benzene rings is 1. The minimum atomic E-state index is -0.602. The molecule has 1 aliphatic heterocycles. The Labute approximate surface area is 205 Å². The van der Waals surface area contributed by atoms with Gasteiger partial charge in [0.05, 0.1) is 22.1 Å². The molecule has 3 N–H and O–H groups in total. The van der Waals surface area contributed by atoms with E-state index in [1.54, 1.807) is 17.0 Å². The van der Waals surface area contributed by atoms with Crippen molar-refractivity contribution in [2.45, 2.75) is 69.9 Å². The standard InChI is InChI=1S/C14H15Cl2NO2.C10H18N2O2/c15-12-5-3-10(8-13(12)16)4-6-14(19)17-7-1-2-11(17)9-18;1-12-10(14)9(13)8(11)7-5-3-2-4-6-7/h3,5,8-9,11H,1-2,4,6-7H2;7-8H,2-6,11H2,1H3,(H,12,14)/t11-;/m0./s1. The number of Topliss-reactive ketones (excluding diaryl/α,β-unsaturated/α-hetero) is 1. The molecule has 2 atom stereocenters. The van der Waals surface area contributed by atoms with Gasteiger partial charge in [0.15, 0.2) is 0 Å². The van der Waals surface area contributed by atoms with Gasteiger partial charge in [0.2, 0.25) is 11.7 Å². The SMILES string of the molecule is CNC(=O)C(=O)C(N)C1CCCCC1.O=C[C@@H]1CCCN1C(=O)CCc1ccc(Cl)c(Cl)c1. The average molecular weight is 498 g/mol. The van der Waals surface area contributed by atoms with E-state index < -0.39 is 17.7 Å². The molecule has 1 saturated heterocycles. The Hall–Kier alpha value is -1.96. The number of nitrogens with zero attached hydrogens (tertiary/aromatic N) is 1.